The Labute approximate surface area is 95.8 Å². The van der Waals surface area contributed by atoms with Crippen LogP contribution in [0.2, 0.25) is 0 Å². The molecule has 0 aliphatic heterocycles. The number of aliphatic hydroxyl groups excluding tert-OH is 1. The maximum absolute atomic E-state index is 10.2. The van der Waals surface area contributed by atoms with Gasteiger partial charge in [0.15, 0.2) is 0 Å². The number of thiophene rings is 1. The summed E-state index contributed by atoms with van der Waals surface area (Å²) in [6.45, 7) is 0. The van der Waals surface area contributed by atoms with Crippen molar-refractivity contribution < 1.29 is 5.11 Å². The summed E-state index contributed by atoms with van der Waals surface area (Å²) in [4.78, 5) is 4.04. The highest BCUT2D eigenvalue weighted by Crippen LogP contribution is 2.26. The number of aromatic nitrogens is 3. The molecular weight excluding hydrogens is 222 g/mol. The van der Waals surface area contributed by atoms with Crippen LogP contribution in [0, 0.1) is 0 Å². The standard InChI is InChI=1S/C11H9N3OS/c15-11(8-1-4-16-7-8)9-5-13-14-3-2-12-6-10(9)14/h1-7,11,15H. The van der Waals surface area contributed by atoms with Gasteiger partial charge in [-0.15, -0.1) is 0 Å². The van der Waals surface area contributed by atoms with Gasteiger partial charge in [0.05, 0.1) is 17.9 Å². The van der Waals surface area contributed by atoms with E-state index < -0.39 is 6.10 Å². The van der Waals surface area contributed by atoms with Crippen LogP contribution >= 0.6 is 11.3 Å². The van der Waals surface area contributed by atoms with Crippen molar-refractivity contribution in [3.05, 3.63) is 52.7 Å². The molecule has 1 N–H and O–H groups in total. The zero-order valence-corrected chi connectivity index (χ0v) is 9.13. The van der Waals surface area contributed by atoms with Gasteiger partial charge >= 0.3 is 0 Å². The van der Waals surface area contributed by atoms with Gasteiger partial charge in [0.1, 0.15) is 6.10 Å². The third kappa shape index (κ3) is 1.41. The van der Waals surface area contributed by atoms with E-state index in [1.807, 2.05) is 16.8 Å². The quantitative estimate of drug-likeness (QED) is 0.732. The molecule has 3 aromatic rings. The predicted octanol–water partition coefficient (Wildman–Crippen LogP) is 1.87. The predicted molar refractivity (Wildman–Crippen MR) is 61.4 cm³/mol. The van der Waals surface area contributed by atoms with Crippen LogP contribution in [0.25, 0.3) is 5.52 Å². The van der Waals surface area contributed by atoms with Gasteiger partial charge in [-0.1, -0.05) is 0 Å². The summed E-state index contributed by atoms with van der Waals surface area (Å²) in [6.07, 6.45) is 6.19. The SMILES string of the molecule is OC(c1ccsc1)c1cnn2ccncc12. The number of aliphatic hydroxyl groups is 1. The molecule has 0 aromatic carbocycles. The Bertz CT molecular complexity index is 603. The minimum absolute atomic E-state index is 0.632. The Hall–Kier alpha value is -1.72. The first-order valence-electron chi connectivity index (χ1n) is 4.83. The Morgan fingerprint density at radius 1 is 1.38 bits per heavy atom. The van der Waals surface area contributed by atoms with Gasteiger partial charge in [-0.05, 0) is 22.4 Å². The molecular formula is C11H9N3OS. The summed E-state index contributed by atoms with van der Waals surface area (Å²) in [5.74, 6) is 0. The smallest absolute Gasteiger partial charge is 0.109 e. The molecule has 0 fully saturated rings. The highest BCUT2D eigenvalue weighted by Gasteiger charge is 2.15. The van der Waals surface area contributed by atoms with E-state index in [4.69, 9.17) is 0 Å². The second-order valence-electron chi connectivity index (χ2n) is 3.47. The van der Waals surface area contributed by atoms with Crippen molar-refractivity contribution in [2.45, 2.75) is 6.10 Å². The highest BCUT2D eigenvalue weighted by molar-refractivity contribution is 7.07. The average Bonchev–Trinajstić information content (AvgIpc) is 2.98. The maximum atomic E-state index is 10.2. The van der Waals surface area contributed by atoms with E-state index in [0.29, 0.717) is 0 Å². The molecule has 0 saturated heterocycles. The van der Waals surface area contributed by atoms with Crippen LogP contribution in [0.5, 0.6) is 0 Å². The molecule has 0 bridgehead atoms. The fraction of sp³-hybridized carbons (Fsp3) is 0.0909. The second-order valence-corrected chi connectivity index (χ2v) is 4.25. The van der Waals surface area contributed by atoms with Gasteiger partial charge in [-0.3, -0.25) is 4.98 Å². The van der Waals surface area contributed by atoms with Crippen LogP contribution in [-0.4, -0.2) is 19.7 Å². The molecule has 0 spiro atoms. The summed E-state index contributed by atoms with van der Waals surface area (Å²) < 4.78 is 1.71. The summed E-state index contributed by atoms with van der Waals surface area (Å²) in [5.41, 5.74) is 2.51. The topological polar surface area (TPSA) is 50.4 Å². The van der Waals surface area contributed by atoms with Crippen LogP contribution in [0.3, 0.4) is 0 Å². The normalized spacial score (nSPS) is 13.1. The Morgan fingerprint density at radius 2 is 2.31 bits per heavy atom. The maximum Gasteiger partial charge on any atom is 0.109 e. The first kappa shape index (κ1) is 9.50. The van der Waals surface area contributed by atoms with E-state index in [0.717, 1.165) is 16.6 Å². The van der Waals surface area contributed by atoms with Crippen LogP contribution in [0.15, 0.2) is 41.6 Å². The van der Waals surface area contributed by atoms with E-state index in [1.165, 1.54) is 0 Å². The molecule has 1 unspecified atom stereocenters. The van der Waals surface area contributed by atoms with Crippen LogP contribution in [-0.2, 0) is 0 Å². The lowest BCUT2D eigenvalue weighted by Crippen LogP contribution is -1.97. The van der Waals surface area contributed by atoms with Gasteiger partial charge < -0.3 is 5.11 Å². The lowest BCUT2D eigenvalue weighted by Gasteiger charge is -2.06. The molecule has 3 rings (SSSR count). The number of hydrogen-bond donors (Lipinski definition) is 1. The number of nitrogens with zero attached hydrogens (tertiary/aromatic N) is 3. The monoisotopic (exact) mass is 231 g/mol. The molecule has 0 aliphatic rings. The fourth-order valence-electron chi connectivity index (χ4n) is 1.67. The Balaban J connectivity index is 2.12. The first-order chi connectivity index (χ1) is 7.86. The largest absolute Gasteiger partial charge is 0.383 e. The summed E-state index contributed by atoms with van der Waals surface area (Å²) in [5, 5.41) is 18.2. The first-order valence-corrected chi connectivity index (χ1v) is 5.78. The zero-order chi connectivity index (χ0) is 11.0. The molecule has 80 valence electrons. The number of hydrogen-bond acceptors (Lipinski definition) is 4. The third-order valence-electron chi connectivity index (χ3n) is 2.51. The highest BCUT2D eigenvalue weighted by atomic mass is 32.1. The minimum Gasteiger partial charge on any atom is -0.383 e. The van der Waals surface area contributed by atoms with E-state index in [9.17, 15) is 5.11 Å². The van der Waals surface area contributed by atoms with Crippen LogP contribution in [0.4, 0.5) is 0 Å². The molecule has 0 aliphatic carbocycles. The lowest BCUT2D eigenvalue weighted by atomic mass is 10.1. The lowest BCUT2D eigenvalue weighted by molar-refractivity contribution is 0.222. The van der Waals surface area contributed by atoms with Crippen molar-refractivity contribution in [2.24, 2.45) is 0 Å². The van der Waals surface area contributed by atoms with Crippen LogP contribution in [0.1, 0.15) is 17.2 Å². The van der Waals surface area contributed by atoms with E-state index in [-0.39, 0.29) is 0 Å². The van der Waals surface area contributed by atoms with E-state index >= 15 is 0 Å². The van der Waals surface area contributed by atoms with Crippen molar-refractivity contribution in [2.75, 3.05) is 0 Å². The van der Waals surface area contributed by atoms with Crippen molar-refractivity contribution in [3.63, 3.8) is 0 Å². The number of fused-ring (bicyclic) bond motifs is 1. The average molecular weight is 231 g/mol. The molecule has 0 radical (unpaired) electrons. The van der Waals surface area contributed by atoms with Gasteiger partial charge in [0, 0.05) is 18.0 Å². The van der Waals surface area contributed by atoms with E-state index in [2.05, 4.69) is 10.1 Å². The molecule has 4 nitrogen and oxygen atoms in total. The minimum atomic E-state index is -0.632. The van der Waals surface area contributed by atoms with Gasteiger partial charge in [-0.25, -0.2) is 4.52 Å². The molecule has 3 aromatic heterocycles. The molecule has 3 heterocycles. The summed E-state index contributed by atoms with van der Waals surface area (Å²) in [7, 11) is 0. The summed E-state index contributed by atoms with van der Waals surface area (Å²) in [6, 6.07) is 1.91. The van der Waals surface area contributed by atoms with Crippen molar-refractivity contribution in [1.29, 1.82) is 0 Å². The molecule has 16 heavy (non-hydrogen) atoms. The fourth-order valence-corrected chi connectivity index (χ4v) is 2.35. The van der Waals surface area contributed by atoms with Gasteiger partial charge in [0.2, 0.25) is 0 Å². The molecule has 0 amide bonds. The third-order valence-corrected chi connectivity index (χ3v) is 3.21. The Morgan fingerprint density at radius 3 is 3.12 bits per heavy atom. The molecule has 5 heteroatoms. The van der Waals surface area contributed by atoms with Crippen molar-refractivity contribution in [3.8, 4) is 0 Å². The summed E-state index contributed by atoms with van der Waals surface area (Å²) >= 11 is 1.57. The van der Waals surface area contributed by atoms with Crippen molar-refractivity contribution >= 4 is 16.9 Å². The number of rotatable bonds is 2. The van der Waals surface area contributed by atoms with Crippen LogP contribution < -0.4 is 0 Å². The van der Waals surface area contributed by atoms with E-state index in [1.54, 1.807) is 40.6 Å². The van der Waals surface area contributed by atoms with Gasteiger partial charge in [-0.2, -0.15) is 16.4 Å². The second kappa shape index (κ2) is 3.70. The molecule has 0 saturated carbocycles. The van der Waals surface area contributed by atoms with Gasteiger partial charge in [0.25, 0.3) is 0 Å². The molecule has 1 atom stereocenters. The Kier molecular flexibility index (Phi) is 2.19. The van der Waals surface area contributed by atoms with Crippen molar-refractivity contribution in [1.82, 2.24) is 14.6 Å². The zero-order valence-electron chi connectivity index (χ0n) is 8.32.